The molecular weight excluding hydrogens is 613 g/mol. The fourth-order valence-corrected chi connectivity index (χ4v) is 9.47. The highest BCUT2D eigenvalue weighted by molar-refractivity contribution is 7.26. The first-order chi connectivity index (χ1) is 24.3. The van der Waals surface area contributed by atoms with E-state index in [9.17, 15) is 0 Å². The molecule has 0 amide bonds. The van der Waals surface area contributed by atoms with Gasteiger partial charge in [-0.2, -0.15) is 0 Å². The Hall–Kier alpha value is -6.16. The summed E-state index contributed by atoms with van der Waals surface area (Å²) in [6, 6.07) is 62.3. The number of nitrogens with zero attached hydrogens (tertiary/aromatic N) is 2. The molecule has 11 rings (SSSR count). The van der Waals surface area contributed by atoms with Crippen LogP contribution < -0.4 is 0 Å². The predicted octanol–water partition coefficient (Wildman–Crippen LogP) is 13.1. The Morgan fingerprint density at radius 1 is 0.408 bits per heavy atom. The first kappa shape index (κ1) is 26.9. The second kappa shape index (κ2) is 10.2. The van der Waals surface area contributed by atoms with Crippen molar-refractivity contribution in [3.05, 3.63) is 170 Å². The highest BCUT2D eigenvalue weighted by Crippen LogP contribution is 2.48. The minimum absolute atomic E-state index is 1.18. The maximum Gasteiger partial charge on any atom is 0.0720 e. The monoisotopic (exact) mass is 640 g/mol. The SMILES string of the molecule is c1ccc(-n2c3ccccc3c3cc(-c4cc5c6ccccc6n(-c6cccc7ccccc67)c5c5sc6ccccc6c45)ccc32)cc1. The molecule has 0 unspecified atom stereocenters. The number of hydrogen-bond acceptors (Lipinski definition) is 1. The van der Waals surface area contributed by atoms with Gasteiger partial charge < -0.3 is 9.13 Å². The van der Waals surface area contributed by atoms with Crippen molar-refractivity contribution in [3.8, 4) is 22.5 Å². The molecule has 3 aromatic heterocycles. The quantitative estimate of drug-likeness (QED) is 0.182. The Bertz CT molecular complexity index is 3100. The minimum atomic E-state index is 1.18. The van der Waals surface area contributed by atoms with Gasteiger partial charge in [-0.25, -0.2) is 0 Å². The maximum atomic E-state index is 2.52. The van der Waals surface area contributed by atoms with E-state index in [1.165, 1.54) is 97.1 Å². The van der Waals surface area contributed by atoms with E-state index < -0.39 is 0 Å². The van der Waals surface area contributed by atoms with E-state index in [1.54, 1.807) is 0 Å². The van der Waals surface area contributed by atoms with Crippen LogP contribution in [-0.4, -0.2) is 9.13 Å². The van der Waals surface area contributed by atoms with Gasteiger partial charge in [0, 0.05) is 48.1 Å². The Morgan fingerprint density at radius 3 is 1.88 bits per heavy atom. The molecule has 8 aromatic carbocycles. The van der Waals surface area contributed by atoms with Crippen LogP contribution in [0.5, 0.6) is 0 Å². The van der Waals surface area contributed by atoms with Gasteiger partial charge in [-0.3, -0.25) is 0 Å². The molecule has 0 atom stereocenters. The van der Waals surface area contributed by atoms with Gasteiger partial charge in [0.2, 0.25) is 0 Å². The number of thiophene rings is 1. The van der Waals surface area contributed by atoms with Crippen LogP contribution in [0.1, 0.15) is 0 Å². The molecule has 3 heteroatoms. The third-order valence-corrected chi connectivity index (χ3v) is 11.5. The van der Waals surface area contributed by atoms with Crippen LogP contribution in [0.3, 0.4) is 0 Å². The van der Waals surface area contributed by atoms with E-state index >= 15 is 0 Å². The normalized spacial score (nSPS) is 12.1. The first-order valence-corrected chi connectivity index (χ1v) is 17.6. The van der Waals surface area contributed by atoms with Crippen molar-refractivity contribution in [1.29, 1.82) is 0 Å². The molecule has 0 aliphatic carbocycles. The molecule has 0 bridgehead atoms. The molecule has 3 heterocycles. The van der Waals surface area contributed by atoms with Gasteiger partial charge >= 0.3 is 0 Å². The summed E-state index contributed by atoms with van der Waals surface area (Å²) in [5.74, 6) is 0. The standard InChI is InChI=1S/C46H28N2S/c1-2-15-31(16-3-1)47-40-21-9-6-18-33(40)37-27-30(25-26-42(37)47)36-28-38-34-19-7-10-22-41(34)48(39-23-12-14-29-13-4-5-17-32(29)39)45(38)46-44(36)35-20-8-11-24-43(35)49-46/h1-28H. The zero-order chi connectivity index (χ0) is 32.1. The molecule has 2 nitrogen and oxygen atoms in total. The van der Waals surface area contributed by atoms with Crippen LogP contribution in [-0.2, 0) is 0 Å². The van der Waals surface area contributed by atoms with E-state index in [4.69, 9.17) is 0 Å². The molecule has 0 saturated carbocycles. The van der Waals surface area contributed by atoms with E-state index in [1.807, 2.05) is 11.3 Å². The van der Waals surface area contributed by atoms with Crippen LogP contribution in [0.25, 0.3) is 97.1 Å². The molecule has 0 aliphatic rings. The fraction of sp³-hybridized carbons (Fsp3) is 0. The van der Waals surface area contributed by atoms with Gasteiger partial charge in [0.15, 0.2) is 0 Å². The highest BCUT2D eigenvalue weighted by atomic mass is 32.1. The van der Waals surface area contributed by atoms with E-state index in [0.29, 0.717) is 0 Å². The largest absolute Gasteiger partial charge is 0.309 e. The first-order valence-electron chi connectivity index (χ1n) is 16.8. The smallest absolute Gasteiger partial charge is 0.0720 e. The van der Waals surface area contributed by atoms with E-state index in [0.717, 1.165) is 0 Å². The zero-order valence-corrected chi connectivity index (χ0v) is 27.3. The molecule has 0 fully saturated rings. The molecular formula is C46H28N2S. The summed E-state index contributed by atoms with van der Waals surface area (Å²) in [5, 5.41) is 10.2. The van der Waals surface area contributed by atoms with E-state index in [2.05, 4.69) is 179 Å². The van der Waals surface area contributed by atoms with Crippen LogP contribution in [0.15, 0.2) is 170 Å². The molecule has 0 N–H and O–H groups in total. The topological polar surface area (TPSA) is 9.86 Å². The van der Waals surface area contributed by atoms with Crippen molar-refractivity contribution in [2.24, 2.45) is 0 Å². The number of benzene rings is 8. The summed E-state index contributed by atoms with van der Waals surface area (Å²) in [7, 11) is 0. The van der Waals surface area contributed by atoms with Crippen molar-refractivity contribution in [2.45, 2.75) is 0 Å². The Morgan fingerprint density at radius 2 is 1.04 bits per heavy atom. The van der Waals surface area contributed by atoms with Crippen molar-refractivity contribution in [1.82, 2.24) is 9.13 Å². The Balaban J connectivity index is 1.29. The lowest BCUT2D eigenvalue weighted by Crippen LogP contribution is -1.95. The van der Waals surface area contributed by atoms with Gasteiger partial charge in [0.05, 0.1) is 32.5 Å². The summed E-state index contributed by atoms with van der Waals surface area (Å²) >= 11 is 1.91. The number of hydrogen-bond donors (Lipinski definition) is 0. The lowest BCUT2D eigenvalue weighted by molar-refractivity contribution is 1.18. The molecule has 0 radical (unpaired) electrons. The Kier molecular flexibility index (Phi) is 5.57. The van der Waals surface area contributed by atoms with Crippen LogP contribution in [0, 0.1) is 0 Å². The lowest BCUT2D eigenvalue weighted by atomic mass is 9.95. The van der Waals surface area contributed by atoms with Crippen molar-refractivity contribution < 1.29 is 0 Å². The third-order valence-electron chi connectivity index (χ3n) is 10.3. The average molecular weight is 641 g/mol. The van der Waals surface area contributed by atoms with Gasteiger partial charge in [-0.1, -0.05) is 115 Å². The van der Waals surface area contributed by atoms with Crippen LogP contribution in [0.2, 0.25) is 0 Å². The summed E-state index contributed by atoms with van der Waals surface area (Å²) in [5.41, 5.74) is 9.85. The number of fused-ring (bicyclic) bond motifs is 11. The predicted molar refractivity (Wildman–Crippen MR) is 211 cm³/mol. The molecule has 0 spiro atoms. The van der Waals surface area contributed by atoms with E-state index in [-0.39, 0.29) is 0 Å². The lowest BCUT2D eigenvalue weighted by Gasteiger charge is -2.13. The summed E-state index contributed by atoms with van der Waals surface area (Å²) < 4.78 is 7.54. The molecule has 0 aliphatic heterocycles. The van der Waals surface area contributed by atoms with Gasteiger partial charge in [0.25, 0.3) is 0 Å². The average Bonchev–Trinajstić information content (AvgIpc) is 3.82. The second-order valence-electron chi connectivity index (χ2n) is 12.9. The molecule has 11 aromatic rings. The summed E-state index contributed by atoms with van der Waals surface area (Å²) in [4.78, 5) is 0. The maximum absolute atomic E-state index is 2.52. The van der Waals surface area contributed by atoms with Crippen molar-refractivity contribution in [3.63, 3.8) is 0 Å². The number of aromatic nitrogens is 2. The summed E-state index contributed by atoms with van der Waals surface area (Å²) in [6.07, 6.45) is 0. The highest BCUT2D eigenvalue weighted by Gasteiger charge is 2.23. The van der Waals surface area contributed by atoms with Gasteiger partial charge in [-0.05, 0) is 71.1 Å². The minimum Gasteiger partial charge on any atom is -0.309 e. The fourth-order valence-electron chi connectivity index (χ4n) is 8.21. The van der Waals surface area contributed by atoms with Gasteiger partial charge in [0.1, 0.15) is 0 Å². The van der Waals surface area contributed by atoms with Crippen LogP contribution >= 0.6 is 11.3 Å². The third kappa shape index (κ3) is 3.76. The molecule has 228 valence electrons. The summed E-state index contributed by atoms with van der Waals surface area (Å²) in [6.45, 7) is 0. The van der Waals surface area contributed by atoms with Gasteiger partial charge in [-0.15, -0.1) is 11.3 Å². The van der Waals surface area contributed by atoms with Crippen molar-refractivity contribution >= 4 is 85.9 Å². The second-order valence-corrected chi connectivity index (χ2v) is 13.9. The van der Waals surface area contributed by atoms with Crippen molar-refractivity contribution in [2.75, 3.05) is 0 Å². The van der Waals surface area contributed by atoms with Crippen LogP contribution in [0.4, 0.5) is 0 Å². The molecule has 49 heavy (non-hydrogen) atoms. The number of rotatable bonds is 3. The zero-order valence-electron chi connectivity index (χ0n) is 26.5. The number of para-hydroxylation sites is 3. The Labute approximate surface area is 286 Å². The molecule has 0 saturated heterocycles.